The van der Waals surface area contributed by atoms with E-state index in [2.05, 4.69) is 10.3 Å². The van der Waals surface area contributed by atoms with Crippen molar-refractivity contribution in [1.82, 2.24) is 14.7 Å². The van der Waals surface area contributed by atoms with Crippen molar-refractivity contribution < 1.29 is 9.90 Å². The number of carbonyl (C=O) groups excluding carboxylic acids is 1. The van der Waals surface area contributed by atoms with Crippen LogP contribution >= 0.6 is 11.3 Å². The standard InChI is InChI=1S/C17H13N3O2S/c21-15-8-12-4-2-1-3-11(12)7-14(15)16(22)18-9-13-10-20-5-6-23-17(20)19-13/h1-8,10,21H,9H2,(H,18,22). The van der Waals surface area contributed by atoms with Crippen LogP contribution in [0, 0.1) is 0 Å². The van der Waals surface area contributed by atoms with Crippen LogP contribution in [0.1, 0.15) is 16.1 Å². The molecule has 0 spiro atoms. The quantitative estimate of drug-likeness (QED) is 0.608. The Morgan fingerprint density at radius 3 is 2.83 bits per heavy atom. The fraction of sp³-hybridized carbons (Fsp3) is 0.0588. The predicted molar refractivity (Wildman–Crippen MR) is 89.9 cm³/mol. The summed E-state index contributed by atoms with van der Waals surface area (Å²) in [5.74, 6) is -0.336. The number of fused-ring (bicyclic) bond motifs is 2. The number of carbonyl (C=O) groups is 1. The number of aromatic hydroxyl groups is 1. The summed E-state index contributed by atoms with van der Waals surface area (Å²) in [6, 6.07) is 10.9. The summed E-state index contributed by atoms with van der Waals surface area (Å²) in [7, 11) is 0. The van der Waals surface area contributed by atoms with E-state index < -0.39 is 0 Å². The first-order valence-electron chi connectivity index (χ1n) is 7.12. The van der Waals surface area contributed by atoms with E-state index in [4.69, 9.17) is 0 Å². The Morgan fingerprint density at radius 1 is 1.26 bits per heavy atom. The minimum atomic E-state index is -0.315. The zero-order valence-corrected chi connectivity index (χ0v) is 12.9. The highest BCUT2D eigenvalue weighted by Crippen LogP contribution is 2.25. The molecule has 114 valence electrons. The second kappa shape index (κ2) is 5.40. The first-order valence-corrected chi connectivity index (χ1v) is 8.00. The van der Waals surface area contributed by atoms with Gasteiger partial charge in [0.2, 0.25) is 0 Å². The number of hydrogen-bond acceptors (Lipinski definition) is 4. The molecular formula is C17H13N3O2S. The highest BCUT2D eigenvalue weighted by atomic mass is 32.1. The molecule has 2 heterocycles. The average Bonchev–Trinajstić information content (AvgIpc) is 3.13. The molecule has 0 aliphatic rings. The van der Waals surface area contributed by atoms with Gasteiger partial charge in [0.15, 0.2) is 4.96 Å². The Balaban J connectivity index is 1.56. The summed E-state index contributed by atoms with van der Waals surface area (Å²) in [6.45, 7) is 0.319. The van der Waals surface area contributed by atoms with E-state index >= 15 is 0 Å². The van der Waals surface area contributed by atoms with Crippen LogP contribution in [0.2, 0.25) is 0 Å². The molecule has 0 unspecified atom stereocenters. The molecule has 1 amide bonds. The molecule has 0 atom stereocenters. The lowest BCUT2D eigenvalue weighted by atomic mass is 10.1. The van der Waals surface area contributed by atoms with E-state index in [1.165, 1.54) is 0 Å². The first kappa shape index (κ1) is 13.8. The van der Waals surface area contributed by atoms with E-state index in [0.29, 0.717) is 6.54 Å². The Labute approximate surface area is 135 Å². The molecule has 0 aliphatic heterocycles. The molecule has 2 N–H and O–H groups in total. The fourth-order valence-corrected chi connectivity index (χ4v) is 3.26. The minimum absolute atomic E-state index is 0.0213. The Morgan fingerprint density at radius 2 is 2.04 bits per heavy atom. The topological polar surface area (TPSA) is 66.6 Å². The van der Waals surface area contributed by atoms with E-state index in [1.54, 1.807) is 23.5 Å². The third-order valence-electron chi connectivity index (χ3n) is 3.68. The van der Waals surface area contributed by atoms with Gasteiger partial charge in [-0.15, -0.1) is 11.3 Å². The van der Waals surface area contributed by atoms with Crippen molar-refractivity contribution in [1.29, 1.82) is 0 Å². The Bertz CT molecular complexity index is 990. The van der Waals surface area contributed by atoms with Crippen LogP contribution in [0.25, 0.3) is 15.7 Å². The number of nitrogens with one attached hydrogen (secondary N) is 1. The Kier molecular flexibility index (Phi) is 3.24. The first-order chi connectivity index (χ1) is 11.2. The lowest BCUT2D eigenvalue weighted by molar-refractivity contribution is 0.0948. The Hall–Kier alpha value is -2.86. The lowest BCUT2D eigenvalue weighted by Gasteiger charge is -2.07. The zero-order valence-electron chi connectivity index (χ0n) is 12.1. The van der Waals surface area contributed by atoms with Gasteiger partial charge in [-0.2, -0.15) is 0 Å². The monoisotopic (exact) mass is 323 g/mol. The number of hydrogen-bond donors (Lipinski definition) is 2. The van der Waals surface area contributed by atoms with Crippen molar-refractivity contribution in [3.63, 3.8) is 0 Å². The molecule has 0 saturated carbocycles. The average molecular weight is 323 g/mol. The molecule has 4 rings (SSSR count). The van der Waals surface area contributed by atoms with Gasteiger partial charge in [0.05, 0.1) is 17.8 Å². The number of amides is 1. The molecule has 0 radical (unpaired) electrons. The van der Waals surface area contributed by atoms with Gasteiger partial charge < -0.3 is 10.4 Å². The summed E-state index contributed by atoms with van der Waals surface area (Å²) < 4.78 is 1.92. The maximum atomic E-state index is 12.3. The molecule has 5 nitrogen and oxygen atoms in total. The number of aromatic nitrogens is 2. The molecule has 0 fully saturated rings. The summed E-state index contributed by atoms with van der Waals surface area (Å²) in [4.78, 5) is 17.6. The lowest BCUT2D eigenvalue weighted by Crippen LogP contribution is -2.23. The third-order valence-corrected chi connectivity index (χ3v) is 4.45. The molecule has 6 heteroatoms. The van der Waals surface area contributed by atoms with E-state index in [1.807, 2.05) is 46.4 Å². The highest BCUT2D eigenvalue weighted by Gasteiger charge is 2.13. The maximum absolute atomic E-state index is 12.3. The molecule has 4 aromatic rings. The molecule has 0 saturated heterocycles. The molecule has 0 aliphatic carbocycles. The van der Waals surface area contributed by atoms with Crippen molar-refractivity contribution in [3.8, 4) is 5.75 Å². The largest absolute Gasteiger partial charge is 0.507 e. The fourth-order valence-electron chi connectivity index (χ4n) is 2.54. The van der Waals surface area contributed by atoms with Crippen molar-refractivity contribution in [3.05, 3.63) is 65.4 Å². The number of phenolic OH excluding ortho intramolecular Hbond substituents is 1. The van der Waals surface area contributed by atoms with Crippen LogP contribution in [0.4, 0.5) is 0 Å². The highest BCUT2D eigenvalue weighted by molar-refractivity contribution is 7.15. The normalized spacial score (nSPS) is 11.1. The van der Waals surface area contributed by atoms with Crippen molar-refractivity contribution in [2.45, 2.75) is 6.54 Å². The molecular weight excluding hydrogens is 310 g/mol. The molecule has 2 aromatic carbocycles. The van der Waals surface area contributed by atoms with Crippen LogP contribution in [0.3, 0.4) is 0 Å². The molecule has 0 bridgehead atoms. The maximum Gasteiger partial charge on any atom is 0.255 e. The van der Waals surface area contributed by atoms with Gasteiger partial charge in [-0.3, -0.25) is 9.20 Å². The SMILES string of the molecule is O=C(NCc1cn2ccsc2n1)c1cc2ccccc2cc1O. The second-order valence-corrected chi connectivity index (χ2v) is 6.10. The van der Waals surface area contributed by atoms with E-state index in [9.17, 15) is 9.90 Å². The van der Waals surface area contributed by atoms with Crippen molar-refractivity contribution >= 4 is 33.0 Å². The number of nitrogens with zero attached hydrogens (tertiary/aromatic N) is 2. The van der Waals surface area contributed by atoms with Crippen LogP contribution in [-0.2, 0) is 6.54 Å². The van der Waals surface area contributed by atoms with Crippen molar-refractivity contribution in [2.75, 3.05) is 0 Å². The van der Waals surface area contributed by atoms with Crippen LogP contribution < -0.4 is 5.32 Å². The summed E-state index contributed by atoms with van der Waals surface area (Å²) in [6.07, 6.45) is 3.81. The van der Waals surface area contributed by atoms with Crippen LogP contribution in [0.5, 0.6) is 5.75 Å². The van der Waals surface area contributed by atoms with Gasteiger partial charge in [0.25, 0.3) is 5.91 Å². The summed E-state index contributed by atoms with van der Waals surface area (Å²) >= 11 is 1.54. The van der Waals surface area contributed by atoms with Gasteiger partial charge in [-0.05, 0) is 22.9 Å². The second-order valence-electron chi connectivity index (χ2n) is 5.22. The van der Waals surface area contributed by atoms with Gasteiger partial charge >= 0.3 is 0 Å². The zero-order chi connectivity index (χ0) is 15.8. The number of phenols is 1. The van der Waals surface area contributed by atoms with Gasteiger partial charge in [0, 0.05) is 17.8 Å². The van der Waals surface area contributed by atoms with Crippen LogP contribution in [0.15, 0.2) is 54.2 Å². The van der Waals surface area contributed by atoms with Gasteiger partial charge in [-0.1, -0.05) is 24.3 Å². The van der Waals surface area contributed by atoms with E-state index in [-0.39, 0.29) is 17.2 Å². The number of rotatable bonds is 3. The predicted octanol–water partition coefficient (Wildman–Crippen LogP) is 3.18. The smallest absolute Gasteiger partial charge is 0.255 e. The number of thiazole rings is 1. The van der Waals surface area contributed by atoms with Gasteiger partial charge in [0.1, 0.15) is 5.75 Å². The third kappa shape index (κ3) is 2.53. The molecule has 2 aromatic heterocycles. The van der Waals surface area contributed by atoms with Gasteiger partial charge in [-0.25, -0.2) is 4.98 Å². The molecule has 23 heavy (non-hydrogen) atoms. The van der Waals surface area contributed by atoms with Crippen molar-refractivity contribution in [2.24, 2.45) is 0 Å². The number of imidazole rings is 1. The van der Waals surface area contributed by atoms with E-state index in [0.717, 1.165) is 21.4 Å². The minimum Gasteiger partial charge on any atom is -0.507 e. The van der Waals surface area contributed by atoms with Crippen LogP contribution in [-0.4, -0.2) is 20.4 Å². The summed E-state index contributed by atoms with van der Waals surface area (Å²) in [5, 5.41) is 16.6. The summed E-state index contributed by atoms with van der Waals surface area (Å²) in [5.41, 5.74) is 1.05. The number of benzene rings is 2.